The molecule has 2 nitrogen and oxygen atoms in total. The van der Waals surface area contributed by atoms with Gasteiger partial charge in [0, 0.05) is 6.54 Å². The molecule has 0 unspecified atom stereocenters. The molecule has 0 amide bonds. The highest BCUT2D eigenvalue weighted by atomic mass is 32.2. The van der Waals surface area contributed by atoms with E-state index in [1.54, 1.807) is 7.11 Å². The normalized spacial score (nSPS) is 10.4. The zero-order valence-corrected chi connectivity index (χ0v) is 11.0. The Bertz CT molecular complexity index is 274. The van der Waals surface area contributed by atoms with Crippen LogP contribution in [0.3, 0.4) is 0 Å². The number of ether oxygens (including phenoxy) is 1. The van der Waals surface area contributed by atoms with Crippen molar-refractivity contribution in [3.05, 3.63) is 29.8 Å². The van der Waals surface area contributed by atoms with Gasteiger partial charge in [-0.15, -0.1) is 0 Å². The molecule has 0 bridgehead atoms. The first-order chi connectivity index (χ1) is 7.86. The Balaban J connectivity index is 2.12. The fourth-order valence-electron chi connectivity index (χ4n) is 1.47. The van der Waals surface area contributed by atoms with Gasteiger partial charge >= 0.3 is 0 Å². The van der Waals surface area contributed by atoms with Crippen molar-refractivity contribution in [2.24, 2.45) is 0 Å². The largest absolute Gasteiger partial charge is 0.497 e. The van der Waals surface area contributed by atoms with Crippen LogP contribution in [0.25, 0.3) is 0 Å². The maximum atomic E-state index is 5.12. The van der Waals surface area contributed by atoms with Gasteiger partial charge in [-0.2, -0.15) is 11.8 Å². The number of unbranched alkanes of at least 4 members (excludes halogenated alkanes) is 1. The molecular weight excluding hydrogens is 218 g/mol. The molecule has 0 aromatic heterocycles. The molecule has 1 aromatic carbocycles. The molecule has 0 aliphatic rings. The summed E-state index contributed by atoms with van der Waals surface area (Å²) in [6, 6.07) is 8.22. The molecule has 1 rings (SSSR count). The third-order valence-corrected chi connectivity index (χ3v) is 3.14. The number of methoxy groups -OCH3 is 1. The van der Waals surface area contributed by atoms with E-state index in [4.69, 9.17) is 4.74 Å². The standard InChI is InChI=1S/C13H21NOS/c1-15-13-7-5-12(6-8-13)11-14-9-3-4-10-16-2/h5-8,14H,3-4,9-11H2,1-2H3. The molecule has 0 saturated heterocycles. The van der Waals surface area contributed by atoms with E-state index in [9.17, 15) is 0 Å². The fourth-order valence-corrected chi connectivity index (χ4v) is 1.97. The summed E-state index contributed by atoms with van der Waals surface area (Å²) in [7, 11) is 1.69. The van der Waals surface area contributed by atoms with E-state index >= 15 is 0 Å². The minimum absolute atomic E-state index is 0.920. The molecule has 1 aromatic rings. The number of nitrogens with one attached hydrogen (secondary N) is 1. The van der Waals surface area contributed by atoms with Gasteiger partial charge in [0.25, 0.3) is 0 Å². The van der Waals surface area contributed by atoms with E-state index in [-0.39, 0.29) is 0 Å². The third kappa shape index (κ3) is 5.42. The van der Waals surface area contributed by atoms with E-state index in [0.29, 0.717) is 0 Å². The molecule has 0 atom stereocenters. The molecule has 0 aliphatic carbocycles. The van der Waals surface area contributed by atoms with Gasteiger partial charge < -0.3 is 10.1 Å². The Kier molecular flexibility index (Phi) is 7.10. The quantitative estimate of drug-likeness (QED) is 0.705. The summed E-state index contributed by atoms with van der Waals surface area (Å²) >= 11 is 1.92. The number of hydrogen-bond donors (Lipinski definition) is 1. The summed E-state index contributed by atoms with van der Waals surface area (Å²) in [4.78, 5) is 0. The zero-order valence-electron chi connectivity index (χ0n) is 10.2. The summed E-state index contributed by atoms with van der Waals surface area (Å²) in [5.41, 5.74) is 1.31. The lowest BCUT2D eigenvalue weighted by molar-refractivity contribution is 0.414. The molecule has 90 valence electrons. The molecule has 3 heteroatoms. The van der Waals surface area contributed by atoms with Crippen LogP contribution in [0.2, 0.25) is 0 Å². The van der Waals surface area contributed by atoms with Crippen LogP contribution in [-0.2, 0) is 6.54 Å². The molecule has 0 spiro atoms. The SMILES string of the molecule is COc1ccc(CNCCCCSC)cc1. The summed E-state index contributed by atoms with van der Waals surface area (Å²) in [6.07, 6.45) is 4.72. The first kappa shape index (κ1) is 13.4. The maximum absolute atomic E-state index is 5.12. The van der Waals surface area contributed by atoms with Crippen molar-refractivity contribution >= 4 is 11.8 Å². The third-order valence-electron chi connectivity index (χ3n) is 2.44. The van der Waals surface area contributed by atoms with Gasteiger partial charge in [0.05, 0.1) is 7.11 Å². The van der Waals surface area contributed by atoms with Crippen molar-refractivity contribution < 1.29 is 4.74 Å². The lowest BCUT2D eigenvalue weighted by Crippen LogP contribution is -2.14. The minimum Gasteiger partial charge on any atom is -0.497 e. The van der Waals surface area contributed by atoms with Crippen molar-refractivity contribution in [2.75, 3.05) is 25.7 Å². The monoisotopic (exact) mass is 239 g/mol. The predicted octanol–water partition coefficient (Wildman–Crippen LogP) is 2.93. The lowest BCUT2D eigenvalue weighted by Gasteiger charge is -2.05. The smallest absolute Gasteiger partial charge is 0.118 e. The Hall–Kier alpha value is -0.670. The average molecular weight is 239 g/mol. The van der Waals surface area contributed by atoms with Crippen molar-refractivity contribution in [3.63, 3.8) is 0 Å². The van der Waals surface area contributed by atoms with Crippen LogP contribution in [0.1, 0.15) is 18.4 Å². The van der Waals surface area contributed by atoms with E-state index in [1.807, 2.05) is 23.9 Å². The predicted molar refractivity (Wildman–Crippen MR) is 72.3 cm³/mol. The Morgan fingerprint density at radius 1 is 1.19 bits per heavy atom. The fraction of sp³-hybridized carbons (Fsp3) is 0.538. The second-order valence-corrected chi connectivity index (χ2v) is 4.71. The molecule has 0 aliphatic heterocycles. The van der Waals surface area contributed by atoms with Crippen molar-refractivity contribution in [1.29, 1.82) is 0 Å². The van der Waals surface area contributed by atoms with Gasteiger partial charge in [0.15, 0.2) is 0 Å². The number of benzene rings is 1. The topological polar surface area (TPSA) is 21.3 Å². The minimum atomic E-state index is 0.920. The van der Waals surface area contributed by atoms with E-state index < -0.39 is 0 Å². The highest BCUT2D eigenvalue weighted by Gasteiger charge is 1.94. The molecule has 0 heterocycles. The summed E-state index contributed by atoms with van der Waals surface area (Å²) in [5.74, 6) is 2.19. The van der Waals surface area contributed by atoms with Crippen LogP contribution in [0.5, 0.6) is 5.75 Å². The van der Waals surface area contributed by atoms with Gasteiger partial charge in [0.1, 0.15) is 5.75 Å². The molecular formula is C13H21NOS. The summed E-state index contributed by atoms with van der Waals surface area (Å²) in [6.45, 7) is 2.05. The van der Waals surface area contributed by atoms with Crippen LogP contribution < -0.4 is 10.1 Å². The van der Waals surface area contributed by atoms with Gasteiger partial charge in [-0.05, 0) is 49.1 Å². The Morgan fingerprint density at radius 3 is 2.56 bits per heavy atom. The van der Waals surface area contributed by atoms with Crippen molar-refractivity contribution in [3.8, 4) is 5.75 Å². The molecule has 0 radical (unpaired) electrons. The van der Waals surface area contributed by atoms with Crippen molar-refractivity contribution in [1.82, 2.24) is 5.32 Å². The lowest BCUT2D eigenvalue weighted by atomic mass is 10.2. The van der Waals surface area contributed by atoms with Gasteiger partial charge in [-0.1, -0.05) is 12.1 Å². The number of hydrogen-bond acceptors (Lipinski definition) is 3. The Labute approximate surface area is 103 Å². The van der Waals surface area contributed by atoms with Gasteiger partial charge in [-0.25, -0.2) is 0 Å². The van der Waals surface area contributed by atoms with E-state index in [2.05, 4.69) is 23.7 Å². The average Bonchev–Trinajstić information content (AvgIpc) is 2.34. The van der Waals surface area contributed by atoms with Crippen LogP contribution >= 0.6 is 11.8 Å². The van der Waals surface area contributed by atoms with Crippen LogP contribution in [0, 0.1) is 0 Å². The van der Waals surface area contributed by atoms with Crippen LogP contribution in [-0.4, -0.2) is 25.7 Å². The first-order valence-electron chi connectivity index (χ1n) is 5.69. The highest BCUT2D eigenvalue weighted by Crippen LogP contribution is 2.10. The van der Waals surface area contributed by atoms with E-state index in [1.165, 1.54) is 24.2 Å². The van der Waals surface area contributed by atoms with E-state index in [0.717, 1.165) is 18.8 Å². The molecule has 16 heavy (non-hydrogen) atoms. The number of rotatable bonds is 8. The van der Waals surface area contributed by atoms with Gasteiger partial charge in [-0.3, -0.25) is 0 Å². The summed E-state index contributed by atoms with van der Waals surface area (Å²) in [5, 5.41) is 3.45. The molecule has 0 fully saturated rings. The second kappa shape index (κ2) is 8.48. The van der Waals surface area contributed by atoms with Crippen LogP contribution in [0.15, 0.2) is 24.3 Å². The first-order valence-corrected chi connectivity index (χ1v) is 7.09. The molecule has 0 saturated carbocycles. The summed E-state index contributed by atoms with van der Waals surface area (Å²) < 4.78 is 5.12. The zero-order chi connectivity index (χ0) is 11.6. The van der Waals surface area contributed by atoms with Crippen LogP contribution in [0.4, 0.5) is 0 Å². The molecule has 1 N–H and O–H groups in total. The number of thioether (sulfide) groups is 1. The highest BCUT2D eigenvalue weighted by molar-refractivity contribution is 7.98. The Morgan fingerprint density at radius 2 is 1.94 bits per heavy atom. The van der Waals surface area contributed by atoms with Gasteiger partial charge in [0.2, 0.25) is 0 Å². The maximum Gasteiger partial charge on any atom is 0.118 e. The second-order valence-electron chi connectivity index (χ2n) is 3.72. The van der Waals surface area contributed by atoms with Crippen molar-refractivity contribution in [2.45, 2.75) is 19.4 Å².